The maximum Gasteiger partial charge on any atom is 0.225 e. The van der Waals surface area contributed by atoms with Crippen molar-refractivity contribution in [2.24, 2.45) is 0 Å². The highest BCUT2D eigenvalue weighted by molar-refractivity contribution is 5.64. The Bertz CT molecular complexity index is 831. The molecule has 0 spiro atoms. The number of rotatable bonds is 6. The van der Waals surface area contributed by atoms with E-state index in [9.17, 15) is 0 Å². The van der Waals surface area contributed by atoms with Crippen LogP contribution >= 0.6 is 0 Å². The van der Waals surface area contributed by atoms with E-state index < -0.39 is 0 Å². The smallest absolute Gasteiger partial charge is 0.225 e. The van der Waals surface area contributed by atoms with Crippen molar-refractivity contribution in [2.75, 3.05) is 10.6 Å². The minimum absolute atomic E-state index is 0.467. The molecule has 0 bridgehead atoms. The van der Waals surface area contributed by atoms with Crippen molar-refractivity contribution in [1.82, 2.24) is 19.9 Å². The Balaban J connectivity index is 1.58. The monoisotopic (exact) mass is 346 g/mol. The Hall–Kier alpha value is -3.02. The van der Waals surface area contributed by atoms with Crippen molar-refractivity contribution in [1.29, 1.82) is 0 Å². The lowest BCUT2D eigenvalue weighted by Gasteiger charge is -2.15. The summed E-state index contributed by atoms with van der Waals surface area (Å²) in [5.74, 6) is 1.48. The van der Waals surface area contributed by atoms with Crippen LogP contribution in [-0.2, 0) is 6.54 Å². The topological polar surface area (TPSA) is 75.6 Å². The normalized spacial score (nSPS) is 14.3. The number of aromatic nitrogens is 4. The van der Waals surface area contributed by atoms with E-state index in [0.717, 1.165) is 22.6 Å². The predicted molar refractivity (Wildman–Crippen MR) is 103 cm³/mol. The highest BCUT2D eigenvalue weighted by Gasteiger charge is 2.16. The molecule has 6 heteroatoms. The summed E-state index contributed by atoms with van der Waals surface area (Å²) in [7, 11) is 0. The second-order valence-electron chi connectivity index (χ2n) is 6.54. The minimum Gasteiger partial charge on any atom is -0.366 e. The summed E-state index contributed by atoms with van der Waals surface area (Å²) in [5, 5.41) is 6.89. The third kappa shape index (κ3) is 4.14. The molecule has 3 heterocycles. The summed E-state index contributed by atoms with van der Waals surface area (Å²) in [6.07, 6.45) is 12.1. The number of nitrogens with zero attached hydrogens (tertiary/aromatic N) is 4. The first-order valence-electron chi connectivity index (χ1n) is 9.05. The lowest BCUT2D eigenvalue weighted by molar-refractivity contribution is 0.744. The first kappa shape index (κ1) is 16.4. The van der Waals surface area contributed by atoms with Crippen LogP contribution in [0, 0.1) is 0 Å². The molecule has 1 fully saturated rings. The van der Waals surface area contributed by atoms with Crippen molar-refractivity contribution < 1.29 is 0 Å². The second-order valence-corrected chi connectivity index (χ2v) is 6.54. The summed E-state index contributed by atoms with van der Waals surface area (Å²) in [4.78, 5) is 17.6. The van der Waals surface area contributed by atoms with Gasteiger partial charge in [0.2, 0.25) is 5.95 Å². The van der Waals surface area contributed by atoms with Crippen molar-refractivity contribution in [3.63, 3.8) is 0 Å². The number of nitrogens with one attached hydrogen (secondary N) is 2. The Labute approximate surface area is 153 Å². The van der Waals surface area contributed by atoms with Gasteiger partial charge < -0.3 is 10.6 Å². The summed E-state index contributed by atoms with van der Waals surface area (Å²) >= 11 is 0. The van der Waals surface area contributed by atoms with E-state index in [2.05, 4.69) is 25.6 Å². The lowest BCUT2D eigenvalue weighted by atomic mass is 10.2. The van der Waals surface area contributed by atoms with Gasteiger partial charge in [0.25, 0.3) is 0 Å². The standard InChI is InChI=1S/C20H22N6/c1-2-6-17(5-1)24-20-25-18(16-7-10-21-11-8-16)12-19(26-20)23-14-15-4-3-9-22-13-15/h3-4,7-13,17H,1-2,5-6,14H2,(H2,23,24,25,26). The van der Waals surface area contributed by atoms with Gasteiger partial charge >= 0.3 is 0 Å². The third-order valence-electron chi connectivity index (χ3n) is 4.59. The Morgan fingerprint density at radius 1 is 0.962 bits per heavy atom. The molecule has 1 aliphatic rings. The molecule has 132 valence electrons. The Kier molecular flexibility index (Phi) is 5.00. The highest BCUT2D eigenvalue weighted by atomic mass is 15.2. The summed E-state index contributed by atoms with van der Waals surface area (Å²) in [5.41, 5.74) is 3.03. The van der Waals surface area contributed by atoms with Crippen LogP contribution in [0.4, 0.5) is 11.8 Å². The first-order chi connectivity index (χ1) is 12.9. The predicted octanol–water partition coefficient (Wildman–Crippen LogP) is 3.90. The minimum atomic E-state index is 0.467. The quantitative estimate of drug-likeness (QED) is 0.705. The fraction of sp³-hybridized carbons (Fsp3) is 0.300. The van der Waals surface area contributed by atoms with E-state index in [1.165, 1.54) is 25.7 Å². The molecular weight excluding hydrogens is 324 g/mol. The van der Waals surface area contributed by atoms with E-state index in [1.54, 1.807) is 18.6 Å². The molecule has 1 aliphatic carbocycles. The van der Waals surface area contributed by atoms with Crippen molar-refractivity contribution in [2.45, 2.75) is 38.3 Å². The molecular formula is C20H22N6. The van der Waals surface area contributed by atoms with Gasteiger partial charge in [0.1, 0.15) is 5.82 Å². The van der Waals surface area contributed by atoms with Crippen LogP contribution < -0.4 is 10.6 Å². The SMILES string of the molecule is c1cncc(CNc2cc(-c3ccncc3)nc(NC3CCCC3)n2)c1. The molecule has 0 aromatic carbocycles. The molecule has 0 amide bonds. The van der Waals surface area contributed by atoms with E-state index in [1.807, 2.05) is 36.5 Å². The molecule has 4 rings (SSSR count). The van der Waals surface area contributed by atoms with Crippen LogP contribution in [0.2, 0.25) is 0 Å². The van der Waals surface area contributed by atoms with Gasteiger partial charge in [-0.1, -0.05) is 18.9 Å². The van der Waals surface area contributed by atoms with E-state index in [-0.39, 0.29) is 0 Å². The first-order valence-corrected chi connectivity index (χ1v) is 9.05. The van der Waals surface area contributed by atoms with E-state index >= 15 is 0 Å². The molecule has 0 unspecified atom stereocenters. The van der Waals surface area contributed by atoms with Gasteiger partial charge in [0.05, 0.1) is 5.69 Å². The molecule has 3 aromatic heterocycles. The van der Waals surface area contributed by atoms with Crippen molar-refractivity contribution in [3.05, 3.63) is 60.7 Å². The maximum absolute atomic E-state index is 4.72. The largest absolute Gasteiger partial charge is 0.366 e. The van der Waals surface area contributed by atoms with Gasteiger partial charge in [-0.25, -0.2) is 4.98 Å². The zero-order valence-electron chi connectivity index (χ0n) is 14.6. The molecule has 2 N–H and O–H groups in total. The van der Waals surface area contributed by atoms with E-state index in [0.29, 0.717) is 18.5 Å². The van der Waals surface area contributed by atoms with Crippen LogP contribution in [0.25, 0.3) is 11.3 Å². The van der Waals surface area contributed by atoms with E-state index in [4.69, 9.17) is 4.98 Å². The zero-order chi connectivity index (χ0) is 17.6. The fourth-order valence-electron chi connectivity index (χ4n) is 3.22. The molecule has 0 radical (unpaired) electrons. The molecule has 0 aliphatic heterocycles. The molecule has 3 aromatic rings. The molecule has 6 nitrogen and oxygen atoms in total. The van der Waals surface area contributed by atoms with Crippen LogP contribution in [0.3, 0.4) is 0 Å². The fourth-order valence-corrected chi connectivity index (χ4v) is 3.22. The Morgan fingerprint density at radius 2 is 1.81 bits per heavy atom. The summed E-state index contributed by atoms with van der Waals surface area (Å²) in [6, 6.07) is 10.4. The number of hydrogen-bond acceptors (Lipinski definition) is 6. The average molecular weight is 346 g/mol. The lowest BCUT2D eigenvalue weighted by Crippen LogP contribution is -2.17. The third-order valence-corrected chi connectivity index (χ3v) is 4.59. The van der Waals surface area contributed by atoms with Gasteiger partial charge in [-0.2, -0.15) is 4.98 Å². The zero-order valence-corrected chi connectivity index (χ0v) is 14.6. The van der Waals surface area contributed by atoms with Gasteiger partial charge in [-0.15, -0.1) is 0 Å². The molecule has 1 saturated carbocycles. The molecule has 0 atom stereocenters. The molecule has 0 saturated heterocycles. The van der Waals surface area contributed by atoms with Gasteiger partial charge in [-0.05, 0) is 36.6 Å². The summed E-state index contributed by atoms with van der Waals surface area (Å²) < 4.78 is 0. The van der Waals surface area contributed by atoms with Crippen LogP contribution in [0.1, 0.15) is 31.2 Å². The average Bonchev–Trinajstić information content (AvgIpc) is 3.21. The number of hydrogen-bond donors (Lipinski definition) is 2. The van der Waals surface area contributed by atoms with Gasteiger partial charge in [-0.3, -0.25) is 9.97 Å². The van der Waals surface area contributed by atoms with Crippen molar-refractivity contribution in [3.8, 4) is 11.3 Å². The summed E-state index contributed by atoms with van der Waals surface area (Å²) in [6.45, 7) is 0.670. The Morgan fingerprint density at radius 3 is 2.58 bits per heavy atom. The highest BCUT2D eigenvalue weighted by Crippen LogP contribution is 2.24. The van der Waals surface area contributed by atoms with Crippen LogP contribution in [0.5, 0.6) is 0 Å². The number of anilines is 2. The van der Waals surface area contributed by atoms with Gasteiger partial charge in [0, 0.05) is 49.0 Å². The van der Waals surface area contributed by atoms with Gasteiger partial charge in [0.15, 0.2) is 0 Å². The van der Waals surface area contributed by atoms with Crippen LogP contribution in [0.15, 0.2) is 55.1 Å². The van der Waals surface area contributed by atoms with Crippen LogP contribution in [-0.4, -0.2) is 26.0 Å². The molecule has 26 heavy (non-hydrogen) atoms. The van der Waals surface area contributed by atoms with Crippen molar-refractivity contribution >= 4 is 11.8 Å². The maximum atomic E-state index is 4.72. The number of pyridine rings is 2. The second kappa shape index (κ2) is 7.91.